The molecule has 0 unspecified atom stereocenters. The summed E-state index contributed by atoms with van der Waals surface area (Å²) in [6.45, 7) is 0. The minimum atomic E-state index is 0.293. The number of rotatable bonds is 3. The molecule has 0 aliphatic rings. The molecule has 3 aromatic heterocycles. The van der Waals surface area contributed by atoms with Gasteiger partial charge in [-0.1, -0.05) is 12.1 Å². The summed E-state index contributed by atoms with van der Waals surface area (Å²) in [5.41, 5.74) is 8.92. The molecule has 3 N–H and O–H groups in total. The van der Waals surface area contributed by atoms with Crippen LogP contribution in [0.5, 0.6) is 5.75 Å². The Morgan fingerprint density at radius 1 is 1.08 bits per heavy atom. The summed E-state index contributed by atoms with van der Waals surface area (Å²) in [4.78, 5) is 13.0. The van der Waals surface area contributed by atoms with Gasteiger partial charge in [0.1, 0.15) is 17.1 Å². The fraction of sp³-hybridized carbons (Fsp3) is 0.0556. The smallest absolute Gasteiger partial charge is 0.197 e. The van der Waals surface area contributed by atoms with Gasteiger partial charge in [0, 0.05) is 11.8 Å². The predicted molar refractivity (Wildman–Crippen MR) is 94.3 cm³/mol. The van der Waals surface area contributed by atoms with E-state index in [-0.39, 0.29) is 0 Å². The minimum absolute atomic E-state index is 0.293. The molecule has 25 heavy (non-hydrogen) atoms. The van der Waals surface area contributed by atoms with Gasteiger partial charge in [0.15, 0.2) is 11.5 Å². The SMILES string of the molecule is COc1cccc(-c2ccc3nc(-c4cccnc4N)n(O)c3n2)c1. The molecule has 3 heterocycles. The van der Waals surface area contributed by atoms with Crippen molar-refractivity contribution in [2.75, 3.05) is 12.8 Å². The number of fused-ring (bicyclic) bond motifs is 1. The number of nitrogen functional groups attached to an aromatic ring is 1. The quantitative estimate of drug-likeness (QED) is 0.559. The van der Waals surface area contributed by atoms with Crippen molar-refractivity contribution in [3.8, 4) is 28.4 Å². The molecule has 7 heteroatoms. The number of hydrogen-bond donors (Lipinski definition) is 2. The Morgan fingerprint density at radius 2 is 1.96 bits per heavy atom. The Balaban J connectivity index is 1.87. The first-order valence-electron chi connectivity index (χ1n) is 7.61. The fourth-order valence-corrected chi connectivity index (χ4v) is 2.67. The number of hydrogen-bond acceptors (Lipinski definition) is 6. The monoisotopic (exact) mass is 333 g/mol. The lowest BCUT2D eigenvalue weighted by Gasteiger charge is -2.05. The van der Waals surface area contributed by atoms with Crippen LogP contribution in [0.1, 0.15) is 0 Å². The third kappa shape index (κ3) is 2.51. The molecule has 0 aliphatic carbocycles. The second kappa shape index (κ2) is 5.79. The normalized spacial score (nSPS) is 10.9. The number of benzene rings is 1. The molecule has 4 aromatic rings. The van der Waals surface area contributed by atoms with E-state index in [1.165, 1.54) is 0 Å². The molecule has 0 fully saturated rings. The number of anilines is 1. The topological polar surface area (TPSA) is 99.1 Å². The Labute approximate surface area is 143 Å². The van der Waals surface area contributed by atoms with Gasteiger partial charge in [-0.3, -0.25) is 0 Å². The van der Waals surface area contributed by atoms with E-state index in [0.29, 0.717) is 34.1 Å². The first kappa shape index (κ1) is 14.9. The van der Waals surface area contributed by atoms with E-state index >= 15 is 0 Å². The number of nitrogens with zero attached hydrogens (tertiary/aromatic N) is 4. The van der Waals surface area contributed by atoms with Crippen LogP contribution in [0.2, 0.25) is 0 Å². The molecule has 4 rings (SSSR count). The summed E-state index contributed by atoms with van der Waals surface area (Å²) in [6, 6.07) is 14.7. The average Bonchev–Trinajstić information content (AvgIpc) is 2.98. The maximum atomic E-state index is 10.5. The summed E-state index contributed by atoms with van der Waals surface area (Å²) < 4.78 is 6.18. The summed E-state index contributed by atoms with van der Waals surface area (Å²) in [5.74, 6) is 1.33. The zero-order chi connectivity index (χ0) is 17.4. The summed E-state index contributed by atoms with van der Waals surface area (Å²) >= 11 is 0. The van der Waals surface area contributed by atoms with Gasteiger partial charge in [0.05, 0.1) is 18.4 Å². The molecule has 7 nitrogen and oxygen atoms in total. The van der Waals surface area contributed by atoms with E-state index in [2.05, 4.69) is 15.0 Å². The zero-order valence-electron chi connectivity index (χ0n) is 13.4. The van der Waals surface area contributed by atoms with Crippen LogP contribution in [0.4, 0.5) is 5.82 Å². The van der Waals surface area contributed by atoms with E-state index in [1.807, 2.05) is 30.3 Å². The second-order valence-electron chi connectivity index (χ2n) is 5.45. The van der Waals surface area contributed by atoms with Crippen molar-refractivity contribution in [1.29, 1.82) is 0 Å². The summed E-state index contributed by atoms with van der Waals surface area (Å²) in [6.07, 6.45) is 1.59. The molecule has 124 valence electrons. The van der Waals surface area contributed by atoms with Crippen molar-refractivity contribution in [3.63, 3.8) is 0 Å². The summed E-state index contributed by atoms with van der Waals surface area (Å²) in [5, 5.41) is 10.5. The van der Waals surface area contributed by atoms with E-state index in [4.69, 9.17) is 10.5 Å². The minimum Gasteiger partial charge on any atom is -0.497 e. The summed E-state index contributed by atoms with van der Waals surface area (Å²) in [7, 11) is 1.61. The predicted octanol–water partition coefficient (Wildman–Crippen LogP) is 2.99. The molecule has 1 aromatic carbocycles. The number of methoxy groups -OCH3 is 1. The molecule has 0 spiro atoms. The standard InChI is InChI=1S/C18H15N5O2/c1-25-12-5-2-4-11(10-12)14-7-8-15-18(21-14)23(24)17(22-15)13-6-3-9-20-16(13)19/h2-10,24H,1H3,(H2,19,20). The van der Waals surface area contributed by atoms with Crippen molar-refractivity contribution in [3.05, 3.63) is 54.7 Å². The van der Waals surface area contributed by atoms with Crippen LogP contribution in [0.15, 0.2) is 54.7 Å². The van der Waals surface area contributed by atoms with Crippen LogP contribution in [0.3, 0.4) is 0 Å². The van der Waals surface area contributed by atoms with Crippen LogP contribution in [0, 0.1) is 0 Å². The number of ether oxygens (including phenoxy) is 1. The van der Waals surface area contributed by atoms with Gasteiger partial charge in [-0.15, -0.1) is 4.73 Å². The van der Waals surface area contributed by atoms with E-state index < -0.39 is 0 Å². The maximum absolute atomic E-state index is 10.5. The van der Waals surface area contributed by atoms with Crippen LogP contribution < -0.4 is 10.5 Å². The van der Waals surface area contributed by atoms with Crippen LogP contribution in [-0.4, -0.2) is 32.0 Å². The highest BCUT2D eigenvalue weighted by Crippen LogP contribution is 2.28. The highest BCUT2D eigenvalue weighted by atomic mass is 16.5. The molecule has 0 amide bonds. The molecule has 0 radical (unpaired) electrons. The highest BCUT2D eigenvalue weighted by Gasteiger charge is 2.16. The number of nitrogens with two attached hydrogens (primary N) is 1. The maximum Gasteiger partial charge on any atom is 0.197 e. The van der Waals surface area contributed by atoms with E-state index in [9.17, 15) is 5.21 Å². The second-order valence-corrected chi connectivity index (χ2v) is 5.45. The van der Waals surface area contributed by atoms with Crippen molar-refractivity contribution >= 4 is 17.0 Å². The first-order chi connectivity index (χ1) is 12.2. The van der Waals surface area contributed by atoms with Crippen molar-refractivity contribution < 1.29 is 9.94 Å². The lowest BCUT2D eigenvalue weighted by molar-refractivity contribution is 0.201. The van der Waals surface area contributed by atoms with Crippen molar-refractivity contribution in [1.82, 2.24) is 19.7 Å². The van der Waals surface area contributed by atoms with Crippen LogP contribution in [-0.2, 0) is 0 Å². The molecule has 0 aliphatic heterocycles. The lowest BCUT2D eigenvalue weighted by atomic mass is 10.1. The Bertz CT molecular complexity index is 1070. The third-order valence-electron chi connectivity index (χ3n) is 3.93. The van der Waals surface area contributed by atoms with Gasteiger partial charge in [0.2, 0.25) is 0 Å². The van der Waals surface area contributed by atoms with Crippen molar-refractivity contribution in [2.45, 2.75) is 0 Å². The van der Waals surface area contributed by atoms with Crippen LogP contribution >= 0.6 is 0 Å². The Kier molecular flexibility index (Phi) is 3.46. The first-order valence-corrected chi connectivity index (χ1v) is 7.61. The number of pyridine rings is 2. The lowest BCUT2D eigenvalue weighted by Crippen LogP contribution is -2.00. The molecule has 0 bridgehead atoms. The van der Waals surface area contributed by atoms with Gasteiger partial charge in [0.25, 0.3) is 0 Å². The molecular formula is C18H15N5O2. The molecule has 0 saturated carbocycles. The third-order valence-corrected chi connectivity index (χ3v) is 3.93. The Hall–Kier alpha value is -3.61. The molecule has 0 saturated heterocycles. The van der Waals surface area contributed by atoms with Gasteiger partial charge in [-0.05, 0) is 36.4 Å². The fourth-order valence-electron chi connectivity index (χ4n) is 2.67. The van der Waals surface area contributed by atoms with E-state index in [0.717, 1.165) is 16.0 Å². The van der Waals surface area contributed by atoms with Gasteiger partial charge in [-0.2, -0.15) is 0 Å². The Morgan fingerprint density at radius 3 is 2.76 bits per heavy atom. The van der Waals surface area contributed by atoms with Crippen LogP contribution in [0.25, 0.3) is 33.8 Å². The zero-order valence-corrected chi connectivity index (χ0v) is 13.4. The van der Waals surface area contributed by atoms with Crippen molar-refractivity contribution in [2.24, 2.45) is 0 Å². The largest absolute Gasteiger partial charge is 0.497 e. The average molecular weight is 333 g/mol. The number of aromatic nitrogens is 4. The van der Waals surface area contributed by atoms with Gasteiger partial charge < -0.3 is 15.7 Å². The van der Waals surface area contributed by atoms with Gasteiger partial charge in [-0.25, -0.2) is 15.0 Å². The molecule has 0 atom stereocenters. The van der Waals surface area contributed by atoms with Gasteiger partial charge >= 0.3 is 0 Å². The highest BCUT2D eigenvalue weighted by molar-refractivity contribution is 5.81. The van der Waals surface area contributed by atoms with E-state index in [1.54, 1.807) is 31.5 Å². The number of imidazole rings is 1. The molecular weight excluding hydrogens is 318 g/mol.